The summed E-state index contributed by atoms with van der Waals surface area (Å²) in [6.07, 6.45) is -85.5. The molecule has 0 amide bonds. The summed E-state index contributed by atoms with van der Waals surface area (Å²) in [6.45, 7) is -10.8. The van der Waals surface area contributed by atoms with E-state index in [9.17, 15) is 208 Å². The summed E-state index contributed by atoms with van der Waals surface area (Å²) in [4.78, 5) is 0. The van der Waals surface area contributed by atoms with Gasteiger partial charge in [0.1, 0.15) is 91.6 Å². The van der Waals surface area contributed by atoms with Crippen molar-refractivity contribution in [2.45, 2.75) is 250 Å². The Bertz CT molecular complexity index is 5900. The van der Waals surface area contributed by atoms with Gasteiger partial charge in [-0.2, -0.15) is 135 Å². The molecule has 5 rings (SSSR count). The van der Waals surface area contributed by atoms with Gasteiger partial charge in [-0.05, 0) is 6.42 Å². The van der Waals surface area contributed by atoms with Crippen LogP contribution in [0.25, 0.3) is 0 Å². The fourth-order valence-corrected chi connectivity index (χ4v) is 19.9. The molecule has 0 saturated carbocycles. The van der Waals surface area contributed by atoms with Crippen LogP contribution in [-0.2, 0) is 281 Å². The first-order valence-electron chi connectivity index (χ1n) is 36.1. The highest BCUT2D eigenvalue weighted by atomic mass is 32.3. The first kappa shape index (κ1) is 124. The van der Waals surface area contributed by atoms with Crippen LogP contribution in [0, 0.1) is 0 Å². The first-order valence-corrected chi connectivity index (χ1v) is 58.0. The lowest BCUT2D eigenvalue weighted by atomic mass is 9.95. The summed E-state index contributed by atoms with van der Waals surface area (Å²) in [5.41, 5.74) is 0. The van der Waals surface area contributed by atoms with E-state index in [0.717, 1.165) is 57.8 Å². The Morgan fingerprint density at radius 1 is 0.176 bits per heavy atom. The van der Waals surface area contributed by atoms with Gasteiger partial charge in [-0.3, -0.25) is 72.8 Å². The smallest absolute Gasteiger partial charge is 0.350 e. The molecule has 5 aliphatic rings. The van der Waals surface area contributed by atoms with E-state index in [4.69, 9.17) is 47.4 Å². The minimum absolute atomic E-state index is 0.117. The molecule has 16 N–H and O–H groups in total. The van der Waals surface area contributed by atoms with Gasteiger partial charge in [-0.25, -0.2) is 66.9 Å². The molecule has 5 aliphatic heterocycles. The van der Waals surface area contributed by atoms with Gasteiger partial charge in [0.05, 0.1) is 33.0 Å². The maximum atomic E-state index is 13.5. The van der Waals surface area contributed by atoms with Gasteiger partial charge < -0.3 is 47.4 Å². The lowest BCUT2D eigenvalue weighted by Crippen LogP contribution is -2.70. The topological polar surface area (TPSA) is 1110 Å². The highest BCUT2D eigenvalue weighted by Gasteiger charge is 2.65. The fourth-order valence-electron chi connectivity index (χ4n) is 12.9. The lowest BCUT2D eigenvalue weighted by Gasteiger charge is -2.51. The molecule has 25 atom stereocenters. The van der Waals surface area contributed by atoms with Crippen LogP contribution in [0.1, 0.15) is 96.8 Å². The maximum Gasteiger partial charge on any atom is 0.397 e. The van der Waals surface area contributed by atoms with Crippen LogP contribution >= 0.6 is 0 Å². The van der Waals surface area contributed by atoms with Crippen molar-refractivity contribution in [1.29, 1.82) is 0 Å². The van der Waals surface area contributed by atoms with E-state index in [2.05, 4.69) is 66.9 Å². The molecule has 5 saturated heterocycles. The fraction of sp³-hybridized carbons (Fsp3) is 1.00. The summed E-state index contributed by atoms with van der Waals surface area (Å²) in [7, 11) is -106. The number of hydrogen-bond acceptors (Lipinski definition) is 58. The second-order valence-corrected chi connectivity index (χ2v) is 44.5. The lowest BCUT2D eigenvalue weighted by molar-refractivity contribution is -0.385. The summed E-state index contributed by atoms with van der Waals surface area (Å²) < 4.78 is 693. The van der Waals surface area contributed by atoms with Gasteiger partial charge in [0.25, 0.3) is 0 Å². The van der Waals surface area contributed by atoms with Crippen molar-refractivity contribution in [2.75, 3.05) is 39.6 Å². The van der Waals surface area contributed by atoms with E-state index < -0.39 is 360 Å². The quantitative estimate of drug-likeness (QED) is 0.0199. The summed E-state index contributed by atoms with van der Waals surface area (Å²) >= 11 is 0. The highest BCUT2D eigenvalue weighted by molar-refractivity contribution is 7.84. The molecule has 0 aromatic heterocycles. The average Bonchev–Trinajstić information content (AvgIpc) is 0.751. The van der Waals surface area contributed by atoms with Crippen molar-refractivity contribution in [3.05, 3.63) is 0 Å². The molecule has 74 nitrogen and oxygen atoms in total. The largest absolute Gasteiger partial charge is 0.397 e. The van der Waals surface area contributed by atoms with Crippen LogP contribution in [0.15, 0.2) is 0 Å². The van der Waals surface area contributed by atoms with Crippen LogP contribution in [0.5, 0.6) is 0 Å². The van der Waals surface area contributed by atoms with Crippen LogP contribution in [0.3, 0.4) is 0 Å². The molecule has 1 unspecified atom stereocenters. The molecule has 0 radical (unpaired) electrons. The normalized spacial score (nSPS) is 30.8. The third-order valence-corrected chi connectivity index (χ3v) is 24.7. The van der Waals surface area contributed by atoms with Gasteiger partial charge in [0.15, 0.2) is 62.0 Å². The zero-order valence-corrected chi connectivity index (χ0v) is 80.0. The molecule has 90 heteroatoms. The molecule has 5 fully saturated rings. The Hall–Kier alpha value is -2.48. The number of ether oxygens (including phenoxy) is 10. The monoisotopic (exact) mass is 2330 g/mol. The van der Waals surface area contributed by atoms with Gasteiger partial charge in [0, 0.05) is 6.61 Å². The number of rotatable bonds is 61. The molecular weight excluding hydrogens is 2250 g/mol. The predicted octanol–water partition coefficient (Wildman–Crippen LogP) is -8.19. The zero-order valence-electron chi connectivity index (χ0n) is 66.9. The number of hydrogen-bond donors (Lipinski definition) is 16. The molecule has 0 bridgehead atoms. The average molecular weight is 2330 g/mol. The third kappa shape index (κ3) is 48.2. The third-order valence-electron chi connectivity index (χ3n) is 17.4. The Balaban J connectivity index is 1.98. The summed E-state index contributed by atoms with van der Waals surface area (Å²) in [5.74, 6) is 0. The first-order chi connectivity index (χ1) is 61.3. The van der Waals surface area contributed by atoms with Crippen molar-refractivity contribution in [3.63, 3.8) is 0 Å². The van der Waals surface area contributed by atoms with Gasteiger partial charge in [0.2, 0.25) is 0 Å². The van der Waals surface area contributed by atoms with Gasteiger partial charge in [-0.1, -0.05) is 90.4 Å². The van der Waals surface area contributed by atoms with Crippen LogP contribution in [-0.4, -0.2) is 401 Å². The minimum Gasteiger partial charge on any atom is -0.350 e. The van der Waals surface area contributed by atoms with E-state index in [0.29, 0.717) is 19.3 Å². The van der Waals surface area contributed by atoms with Crippen LogP contribution in [0.2, 0.25) is 0 Å². The molecule has 0 spiro atoms. The Labute approximate surface area is 772 Å². The maximum absolute atomic E-state index is 13.5. The molecule has 136 heavy (non-hydrogen) atoms. The van der Waals surface area contributed by atoms with E-state index in [1.54, 1.807) is 0 Å². The van der Waals surface area contributed by atoms with Crippen molar-refractivity contribution in [1.82, 2.24) is 0 Å². The van der Waals surface area contributed by atoms with E-state index in [1.165, 1.54) is 0 Å². The molecule has 0 aromatic carbocycles. The minimum atomic E-state index is -7.13. The molecule has 5 heterocycles. The van der Waals surface area contributed by atoms with Crippen LogP contribution in [0.4, 0.5) is 0 Å². The van der Waals surface area contributed by atoms with Crippen molar-refractivity contribution in [2.24, 2.45) is 0 Å². The van der Waals surface area contributed by atoms with E-state index >= 15 is 0 Å². The van der Waals surface area contributed by atoms with Crippen molar-refractivity contribution >= 4 is 166 Å². The number of unbranched alkanes of at least 4 members (excludes halogenated alkanes) is 13. The highest BCUT2D eigenvalue weighted by Crippen LogP contribution is 2.44. The van der Waals surface area contributed by atoms with Crippen LogP contribution < -0.4 is 0 Å². The molecule has 808 valence electrons. The summed E-state index contributed by atoms with van der Waals surface area (Å²) in [5, 5.41) is 0. The Morgan fingerprint density at radius 3 is 0.507 bits per heavy atom. The van der Waals surface area contributed by atoms with E-state index in [-0.39, 0.29) is 12.8 Å². The van der Waals surface area contributed by atoms with Gasteiger partial charge >= 0.3 is 166 Å². The van der Waals surface area contributed by atoms with Gasteiger partial charge in [-0.15, -0.1) is 0 Å². The Morgan fingerprint density at radius 2 is 0.324 bits per heavy atom. The predicted molar refractivity (Wildman–Crippen MR) is 407 cm³/mol. The standard InChI is InChI=1S/C46H84O74S16/c1-2-3-4-5-6-7-8-9-10-11-12-13-14-15-16-95-42-37(116-132(80,81)82)32(27(110-126(62,63)64)22(101-42)17-96-121(47,48)49)106-43-38(117-133(83,84)85)33(28(111-127(65,66)67)23(102-43)18-97-122(50,51)52)107-44-39(118-134(86,87)88)34(29(112-128(68,69)70)24(103-44)19-98-123(53,54)55)108-45-40(119-135(89,90)91)35(30(113-129(71,72)73)25(104-45)20-99-124(56,57)58)109-46-41(120-136(92,93)94)36(115-131(77,78)79)31(114-130(74,75)76)26(105-46)21-100-125(59,60)61/h22-46H,2-21H2,1H3,(H,47,48,49)(H,50,51,52)(H,53,54,55)(H,56,57,58)(H,59,60,61)(H,62,63,64)(H,65,66,67)(H,68,69,70)(H,71,72,73)(H,74,75,76)(H,77,78,79)(H,80,81,82)(H,83,84,85)(H,86,87,88)(H,89,90,91)(H,92,93,94)/t22-,23-,24-,25-,26-,27-,28-,29-,30-,31-,32+,33+,34+,35+,36+,37-,38-,39-,40-,41-,42?,43+,44+,45+,46+/m1/s1. The van der Waals surface area contributed by atoms with E-state index in [1.807, 2.05) is 6.92 Å². The molecular formula is C46H84O74S16. The molecule has 0 aromatic rings. The summed E-state index contributed by atoms with van der Waals surface area (Å²) in [6, 6.07) is 0. The second kappa shape index (κ2) is 49.8. The molecule has 0 aliphatic carbocycles. The zero-order chi connectivity index (χ0) is 104. The van der Waals surface area contributed by atoms with Crippen molar-refractivity contribution in [3.8, 4) is 0 Å². The SMILES string of the molecule is CCCCCCCCCCCCCCCCOC1O[C@H](COS(=O)(=O)O)[C@@H](OS(=O)(=O)O)[C@H](O[C@@H]2O[C@H](COS(=O)(=O)O)[C@@H](OS(=O)(=O)O)[C@H](O[C@@H]3O[C@H](COS(=O)(=O)O)[C@@H](OS(=O)(=O)O)[C@H](O[C@@H]4O[C@H](COS(=O)(=O)O)[C@@H](OS(=O)(=O)O)[C@H](O[C@@H]5O[C@H](COS(=O)(=O)O)[C@@H](OS(=O)(=O)O)[C@H](OS(=O)(=O)O)[C@H]5OS(=O)(=O)O)[C@H]4OS(=O)(=O)O)[C@H]3OS(=O)(=O)O)[C@H]2OS(=O)(=O)O)[C@H]1OS(=O)(=O)O. The Kier molecular flexibility index (Phi) is 45.4. The second-order valence-electron chi connectivity index (χ2n) is 27.5. The van der Waals surface area contributed by atoms with Crippen molar-refractivity contribution < 1.29 is 322 Å².